The van der Waals surface area contributed by atoms with E-state index in [1.54, 1.807) is 0 Å². The fourth-order valence-electron chi connectivity index (χ4n) is 1.33. The van der Waals surface area contributed by atoms with Gasteiger partial charge in [-0.25, -0.2) is 4.39 Å². The predicted molar refractivity (Wildman–Crippen MR) is 55.9 cm³/mol. The number of rotatable bonds is 2. The van der Waals surface area contributed by atoms with Gasteiger partial charge in [-0.1, -0.05) is 0 Å². The van der Waals surface area contributed by atoms with Crippen LogP contribution in [0.2, 0.25) is 0 Å². The Labute approximate surface area is 101 Å². The summed E-state index contributed by atoms with van der Waals surface area (Å²) in [7, 11) is 0. The molecule has 0 bridgehead atoms. The first-order valence-corrected chi connectivity index (χ1v) is 4.70. The Hall–Kier alpha value is -1.01. The van der Waals surface area contributed by atoms with Crippen molar-refractivity contribution in [3.63, 3.8) is 0 Å². The minimum Gasteiger partial charge on any atom is -0.488 e. The average molecular weight is 272 g/mol. The highest BCUT2D eigenvalue weighted by Crippen LogP contribution is 2.32. The molecule has 0 spiro atoms. The maximum atomic E-state index is 12.9. The summed E-state index contributed by atoms with van der Waals surface area (Å²) < 4.78 is 55.1. The molecule has 2 nitrogen and oxygen atoms in total. The molecule has 0 amide bonds. The van der Waals surface area contributed by atoms with Crippen LogP contribution in [0.1, 0.15) is 5.56 Å². The third-order valence-electron chi connectivity index (χ3n) is 2.25. The third-order valence-corrected chi connectivity index (χ3v) is 2.25. The molecule has 2 rings (SSSR count). The highest BCUT2D eigenvalue weighted by Gasteiger charge is 2.32. The third kappa shape index (κ3) is 3.47. The zero-order valence-electron chi connectivity index (χ0n) is 8.55. The molecule has 0 atom stereocenters. The number of alkyl halides is 3. The van der Waals surface area contributed by atoms with Crippen LogP contribution in [0.4, 0.5) is 17.6 Å². The summed E-state index contributed by atoms with van der Waals surface area (Å²) in [5.74, 6) is -1.03. The number of nitrogens with one attached hydrogen (secondary N) is 1. The van der Waals surface area contributed by atoms with Gasteiger partial charge in [-0.05, 0) is 12.1 Å². The first-order chi connectivity index (χ1) is 7.45. The highest BCUT2D eigenvalue weighted by atomic mass is 35.5. The molecule has 0 aliphatic carbocycles. The fourth-order valence-corrected chi connectivity index (χ4v) is 1.33. The molecule has 1 N–H and O–H groups in total. The summed E-state index contributed by atoms with van der Waals surface area (Å²) in [6.07, 6.45) is -4.74. The van der Waals surface area contributed by atoms with Crippen molar-refractivity contribution >= 4 is 12.4 Å². The molecule has 0 unspecified atom stereocenters. The lowest BCUT2D eigenvalue weighted by atomic mass is 10.2. The van der Waals surface area contributed by atoms with Gasteiger partial charge >= 0.3 is 6.18 Å². The normalized spacial score (nSPS) is 16.0. The van der Waals surface area contributed by atoms with E-state index >= 15 is 0 Å². The Morgan fingerprint density at radius 2 is 1.82 bits per heavy atom. The van der Waals surface area contributed by atoms with E-state index in [9.17, 15) is 17.6 Å². The van der Waals surface area contributed by atoms with Crippen LogP contribution in [0.15, 0.2) is 18.2 Å². The van der Waals surface area contributed by atoms with Gasteiger partial charge in [0, 0.05) is 19.2 Å². The molecule has 0 radical (unpaired) electrons. The van der Waals surface area contributed by atoms with Crippen LogP contribution < -0.4 is 10.1 Å². The molecule has 96 valence electrons. The van der Waals surface area contributed by atoms with Gasteiger partial charge < -0.3 is 10.1 Å². The first-order valence-electron chi connectivity index (χ1n) is 4.70. The Morgan fingerprint density at radius 1 is 1.18 bits per heavy atom. The number of hydrogen-bond acceptors (Lipinski definition) is 2. The molecular formula is C10H10ClF4NO. The molecule has 1 heterocycles. The minimum atomic E-state index is -4.56. The maximum Gasteiger partial charge on any atom is 0.416 e. The summed E-state index contributed by atoms with van der Waals surface area (Å²) in [6, 6.07) is 2.21. The van der Waals surface area contributed by atoms with Gasteiger partial charge in [0.2, 0.25) is 0 Å². The molecule has 17 heavy (non-hydrogen) atoms. The first kappa shape index (κ1) is 14.1. The van der Waals surface area contributed by atoms with Crippen molar-refractivity contribution in [1.29, 1.82) is 0 Å². The van der Waals surface area contributed by atoms with Crippen LogP contribution in [0.3, 0.4) is 0 Å². The number of benzene rings is 1. The van der Waals surface area contributed by atoms with Crippen LogP contribution in [-0.4, -0.2) is 19.2 Å². The van der Waals surface area contributed by atoms with Crippen molar-refractivity contribution in [2.45, 2.75) is 12.3 Å². The van der Waals surface area contributed by atoms with Crippen LogP contribution in [0.25, 0.3) is 0 Å². The lowest BCUT2D eigenvalue weighted by Crippen LogP contribution is -2.50. The molecule has 1 aromatic carbocycles. The zero-order chi connectivity index (χ0) is 11.8. The van der Waals surface area contributed by atoms with Crippen LogP contribution in [-0.2, 0) is 6.18 Å². The SMILES string of the molecule is Cl.Fc1cc(OC2CNC2)cc(C(F)(F)F)c1. The number of halogens is 5. The highest BCUT2D eigenvalue weighted by molar-refractivity contribution is 5.85. The van der Waals surface area contributed by atoms with E-state index in [0.29, 0.717) is 19.2 Å². The van der Waals surface area contributed by atoms with Crippen LogP contribution >= 0.6 is 12.4 Å². The summed E-state index contributed by atoms with van der Waals surface area (Å²) in [5.41, 5.74) is -1.03. The number of hydrogen-bond donors (Lipinski definition) is 1. The van der Waals surface area contributed by atoms with E-state index in [1.807, 2.05) is 0 Å². The second-order valence-corrected chi connectivity index (χ2v) is 3.57. The van der Waals surface area contributed by atoms with Gasteiger partial charge in [0.05, 0.1) is 5.56 Å². The van der Waals surface area contributed by atoms with Crippen molar-refractivity contribution < 1.29 is 22.3 Å². The Morgan fingerprint density at radius 3 is 2.29 bits per heavy atom. The Kier molecular flexibility index (Phi) is 4.21. The summed E-state index contributed by atoms with van der Waals surface area (Å²) in [5, 5.41) is 2.90. The van der Waals surface area contributed by atoms with Crippen LogP contribution in [0, 0.1) is 5.82 Å². The summed E-state index contributed by atoms with van der Waals surface area (Å²) >= 11 is 0. The zero-order valence-corrected chi connectivity index (χ0v) is 9.37. The molecule has 0 aromatic heterocycles. The molecule has 1 aliphatic rings. The lowest BCUT2D eigenvalue weighted by molar-refractivity contribution is -0.137. The second-order valence-electron chi connectivity index (χ2n) is 3.57. The van der Waals surface area contributed by atoms with Crippen molar-refractivity contribution in [2.75, 3.05) is 13.1 Å². The van der Waals surface area contributed by atoms with Crippen molar-refractivity contribution in [3.8, 4) is 5.75 Å². The van der Waals surface area contributed by atoms with Gasteiger partial charge in [-0.3, -0.25) is 0 Å². The molecule has 1 aromatic rings. The molecule has 1 fully saturated rings. The van der Waals surface area contributed by atoms with Gasteiger partial charge in [0.1, 0.15) is 17.7 Å². The van der Waals surface area contributed by atoms with Crippen LogP contribution in [0.5, 0.6) is 5.75 Å². The lowest BCUT2D eigenvalue weighted by Gasteiger charge is -2.28. The van der Waals surface area contributed by atoms with Gasteiger partial charge in [-0.15, -0.1) is 12.4 Å². The maximum absolute atomic E-state index is 12.9. The van der Waals surface area contributed by atoms with Crippen molar-refractivity contribution in [1.82, 2.24) is 5.32 Å². The van der Waals surface area contributed by atoms with E-state index in [2.05, 4.69) is 5.32 Å². The van der Waals surface area contributed by atoms with E-state index in [0.717, 1.165) is 12.1 Å². The van der Waals surface area contributed by atoms with Crippen molar-refractivity contribution in [3.05, 3.63) is 29.6 Å². The minimum absolute atomic E-state index is 0. The number of ether oxygens (including phenoxy) is 1. The average Bonchev–Trinajstić information content (AvgIpc) is 2.09. The smallest absolute Gasteiger partial charge is 0.416 e. The van der Waals surface area contributed by atoms with E-state index in [1.165, 1.54) is 0 Å². The largest absolute Gasteiger partial charge is 0.488 e. The van der Waals surface area contributed by atoms with E-state index in [4.69, 9.17) is 4.74 Å². The standard InChI is InChI=1S/C10H9F4NO.ClH/c11-7-1-6(10(12,13)14)2-8(3-7)16-9-4-15-5-9;/h1-3,9,15H,4-5H2;1H. The molecule has 1 saturated heterocycles. The molecule has 7 heteroatoms. The van der Waals surface area contributed by atoms with Gasteiger partial charge in [0.15, 0.2) is 0 Å². The monoisotopic (exact) mass is 271 g/mol. The predicted octanol–water partition coefficient (Wildman–Crippen LogP) is 2.62. The topological polar surface area (TPSA) is 21.3 Å². The Bertz CT molecular complexity index is 392. The fraction of sp³-hybridized carbons (Fsp3) is 0.400. The molecule has 1 aliphatic heterocycles. The van der Waals surface area contributed by atoms with E-state index in [-0.39, 0.29) is 24.3 Å². The summed E-state index contributed by atoms with van der Waals surface area (Å²) in [4.78, 5) is 0. The van der Waals surface area contributed by atoms with Gasteiger partial charge in [-0.2, -0.15) is 13.2 Å². The second kappa shape index (κ2) is 5.10. The van der Waals surface area contributed by atoms with Gasteiger partial charge in [0.25, 0.3) is 0 Å². The summed E-state index contributed by atoms with van der Waals surface area (Å²) in [6.45, 7) is 1.13. The molecular weight excluding hydrogens is 262 g/mol. The molecule has 0 saturated carbocycles. The van der Waals surface area contributed by atoms with Crippen molar-refractivity contribution in [2.24, 2.45) is 0 Å². The van der Waals surface area contributed by atoms with E-state index < -0.39 is 17.6 Å². The quantitative estimate of drug-likeness (QED) is 0.835. The Balaban J connectivity index is 0.00000144.